The largest absolute Gasteiger partial charge is 1.00 e. The molecule has 18 aromatic carbocycles. The van der Waals surface area contributed by atoms with Crippen LogP contribution in [0.15, 0.2) is 485 Å². The van der Waals surface area contributed by atoms with Gasteiger partial charge in [-0.2, -0.15) is 0 Å². The molecule has 0 unspecified atom stereocenters. The minimum Gasteiger partial charge on any atom is -0.366 e. The number of hydrogen-bond acceptors (Lipinski definition) is 0. The molecule has 18 aromatic rings. The first-order chi connectivity index (χ1) is 60.4. The van der Waals surface area contributed by atoms with Gasteiger partial charge in [0.15, 0.2) is 16.1 Å². The van der Waals surface area contributed by atoms with E-state index in [1.165, 1.54) is 127 Å². The van der Waals surface area contributed by atoms with E-state index in [2.05, 4.69) is 485 Å². The van der Waals surface area contributed by atoms with Crippen LogP contribution in [-0.2, 0) is 89.5 Å². The molecule has 10 heteroatoms. The van der Waals surface area contributed by atoms with E-state index >= 15 is 0 Å². The molecule has 0 saturated carbocycles. The molecule has 0 N–H and O–H groups in total. The zero-order chi connectivity index (χ0) is 82.9. The maximum Gasteiger partial charge on any atom is 1.00 e. The summed E-state index contributed by atoms with van der Waals surface area (Å²) in [4.78, 5) is 0. The standard InChI is InChI=1S/2C30H24P2.2C28H16Si.4Au/c2*1-5-15-25(16-6-1)31(26-17-7-2-8-18-26)29-23-13-14-24-30(29)32(27-19-9-3-10-20-27)28-21-11-4-12-22-28;2*1-3-21-15-17-25-26-18-16-22(4-2)20-28(26)29(27(25)19-21,23-11-7-5-8-12-23)24-13-9-6-10-14-24;;;;/h2*1-24H;2*5-20H;;;;/q;;2*-2;4*+1/p+4. The molecule has 0 fully saturated rings. The van der Waals surface area contributed by atoms with Crippen molar-refractivity contribution in [2.75, 3.05) is 0 Å². The van der Waals surface area contributed by atoms with Gasteiger partial charge in [0, 0.05) is 0 Å². The third-order valence-electron chi connectivity index (χ3n) is 23.1. The summed E-state index contributed by atoms with van der Waals surface area (Å²) >= 11 is 0. The number of benzene rings is 18. The van der Waals surface area contributed by atoms with Gasteiger partial charge in [-0.15, -0.1) is 70.8 Å². The first-order valence-electron chi connectivity index (χ1n) is 41.0. The van der Waals surface area contributed by atoms with Crippen LogP contribution in [0.5, 0.6) is 0 Å². The molecular formula is C116H84Au4P4Si2+4. The fraction of sp³-hybridized carbons (Fsp3) is 0. The summed E-state index contributed by atoms with van der Waals surface area (Å²) in [6.07, 6.45) is 30.8. The zero-order valence-electron chi connectivity index (χ0n) is 68.4. The van der Waals surface area contributed by atoms with Crippen LogP contribution < -0.4 is 105 Å². The topological polar surface area (TPSA) is 0 Å². The maximum absolute atomic E-state index is 7.70. The Morgan fingerprint density at radius 2 is 0.294 bits per heavy atom. The number of rotatable bonds is 16. The molecule has 2 heterocycles. The van der Waals surface area contributed by atoms with Crippen LogP contribution in [0.4, 0.5) is 0 Å². The van der Waals surface area contributed by atoms with Crippen molar-refractivity contribution >= 4 is 153 Å². The number of hydrogen-bond donors (Lipinski definition) is 0. The van der Waals surface area contributed by atoms with E-state index in [0.29, 0.717) is 0 Å². The Labute approximate surface area is 813 Å². The molecule has 2 aliphatic rings. The zero-order valence-corrected chi connectivity index (χ0v) is 83.1. The minimum atomic E-state index is -2.57. The van der Waals surface area contributed by atoms with Gasteiger partial charge in [0.2, 0.25) is 0 Å². The second kappa shape index (κ2) is 44.6. The van der Waals surface area contributed by atoms with E-state index in [1.807, 2.05) is 24.3 Å². The monoisotopic (exact) mass is 2440 g/mol. The fourth-order valence-corrected chi connectivity index (χ4v) is 40.3. The Balaban J connectivity index is 0.000000143. The first-order valence-corrected chi connectivity index (χ1v) is 51.0. The van der Waals surface area contributed by atoms with E-state index in [4.69, 9.17) is 25.7 Å². The van der Waals surface area contributed by atoms with E-state index < -0.39 is 47.8 Å². The fourth-order valence-electron chi connectivity index (χ4n) is 17.9. The predicted octanol–water partition coefficient (Wildman–Crippen LogP) is 15.2. The third-order valence-corrected chi connectivity index (χ3v) is 44.5. The summed E-state index contributed by atoms with van der Waals surface area (Å²) in [5.74, 6) is 10.3. The van der Waals surface area contributed by atoms with Crippen LogP contribution in [0, 0.1) is 49.4 Å². The normalized spacial score (nSPS) is 11.6. The average molecular weight is 2450 g/mol. The van der Waals surface area contributed by atoms with Crippen molar-refractivity contribution in [1.82, 2.24) is 0 Å². The van der Waals surface area contributed by atoms with Crippen LogP contribution in [0.1, 0.15) is 22.3 Å². The molecule has 0 bridgehead atoms. The van der Waals surface area contributed by atoms with E-state index in [-0.39, 0.29) is 89.5 Å². The van der Waals surface area contributed by atoms with E-state index in [0.717, 1.165) is 22.3 Å². The van der Waals surface area contributed by atoms with Gasteiger partial charge in [-0.3, -0.25) is 23.7 Å². The molecular weight excluding hydrogens is 2360 g/mol. The van der Waals surface area contributed by atoms with Crippen molar-refractivity contribution in [2.45, 2.75) is 0 Å². The van der Waals surface area contributed by atoms with Gasteiger partial charge in [-0.05, 0) is 164 Å². The van der Waals surface area contributed by atoms with Crippen molar-refractivity contribution in [1.29, 1.82) is 0 Å². The molecule has 2 aliphatic heterocycles. The summed E-state index contributed by atoms with van der Waals surface area (Å²) in [6.45, 7) is 0. The van der Waals surface area contributed by atoms with Crippen molar-refractivity contribution in [3.63, 3.8) is 0 Å². The molecule has 0 saturated heterocycles. The quantitative estimate of drug-likeness (QED) is 0.0391. The summed E-state index contributed by atoms with van der Waals surface area (Å²) in [6, 6.07) is 175. The molecule has 616 valence electrons. The predicted molar refractivity (Wildman–Crippen MR) is 536 cm³/mol. The van der Waals surface area contributed by atoms with Crippen LogP contribution in [0.3, 0.4) is 0 Å². The van der Waals surface area contributed by atoms with Crippen LogP contribution in [-0.4, -0.2) is 16.1 Å². The van der Waals surface area contributed by atoms with Crippen molar-refractivity contribution in [3.8, 4) is 45.9 Å². The molecule has 0 nitrogen and oxygen atoms in total. The molecule has 20 rings (SSSR count). The molecule has 0 spiro atoms. The van der Waals surface area contributed by atoms with Crippen molar-refractivity contribution < 1.29 is 89.5 Å². The smallest absolute Gasteiger partial charge is 0.366 e. The second-order valence-corrected chi connectivity index (χ2v) is 47.3. The third kappa shape index (κ3) is 19.4. The van der Waals surface area contributed by atoms with Crippen molar-refractivity contribution in [2.24, 2.45) is 0 Å². The molecule has 0 atom stereocenters. The Bertz CT molecular complexity index is 5820. The minimum absolute atomic E-state index is 0. The van der Waals surface area contributed by atoms with Gasteiger partial charge in [-0.25, -0.2) is 0 Å². The molecule has 0 aliphatic carbocycles. The van der Waals surface area contributed by atoms with E-state index in [1.54, 1.807) is 0 Å². The average Bonchev–Trinajstić information content (AvgIpc) is 1.54. The van der Waals surface area contributed by atoms with Crippen LogP contribution >= 0.6 is 31.7 Å². The Kier molecular flexibility index (Phi) is 32.9. The van der Waals surface area contributed by atoms with Crippen molar-refractivity contribution in [3.05, 3.63) is 533 Å². The maximum atomic E-state index is 7.70. The van der Waals surface area contributed by atoms with E-state index in [9.17, 15) is 0 Å². The number of fused-ring (bicyclic) bond motifs is 6. The molecule has 126 heavy (non-hydrogen) atoms. The van der Waals surface area contributed by atoms with Crippen LogP contribution in [0.25, 0.3) is 22.3 Å². The van der Waals surface area contributed by atoms with Gasteiger partial charge in [-0.1, -0.05) is 336 Å². The van der Waals surface area contributed by atoms with Crippen LogP contribution in [0.2, 0.25) is 0 Å². The Hall–Kier alpha value is -10.7. The summed E-state index contributed by atoms with van der Waals surface area (Å²) in [5.41, 5.74) is 8.03. The Morgan fingerprint density at radius 3 is 0.437 bits per heavy atom. The van der Waals surface area contributed by atoms with Gasteiger partial charge < -0.3 is 25.7 Å². The van der Waals surface area contributed by atoms with Gasteiger partial charge in [0.1, 0.15) is 95.3 Å². The summed E-state index contributed by atoms with van der Waals surface area (Å²) in [5, 5.41) is 27.8. The first kappa shape index (κ1) is 93.0. The van der Waals surface area contributed by atoms with Gasteiger partial charge >= 0.3 is 89.5 Å². The molecule has 0 aromatic heterocycles. The second-order valence-electron chi connectivity index (χ2n) is 30.0. The van der Waals surface area contributed by atoms with Gasteiger partial charge in [0.25, 0.3) is 0 Å². The SMILES string of the molecule is [Au+].[Au+].[Au+].[Au+].[C-]#Cc1ccc2c(c1)[Si](c1ccccc1)(c1ccccc1)c1cc(C#[C-])ccc1-2.[C-]#Cc1ccc2c(c1)[Si](c1ccccc1)(c1ccccc1)c1cc(C#[C-])ccc1-2.c1ccc([PH+](c2ccccc2)c2ccccc2[PH+](c2ccccc2)c2ccccc2)cc1.c1ccc([PH+](c2ccccc2)c2ccccc2[PH+](c2ccccc2)c2ccccc2)cc1. The molecule has 0 amide bonds. The van der Waals surface area contributed by atoms with Gasteiger partial charge in [0.05, 0.1) is 0 Å². The Morgan fingerprint density at radius 1 is 0.159 bits per heavy atom. The summed E-state index contributed by atoms with van der Waals surface area (Å²) < 4.78 is 0. The summed E-state index contributed by atoms with van der Waals surface area (Å²) in [7, 11) is -9.70. The molecule has 0 radical (unpaired) electrons.